The first-order chi connectivity index (χ1) is 6.74. The summed E-state index contributed by atoms with van der Waals surface area (Å²) in [5, 5.41) is 0.778. The zero-order valence-corrected chi connectivity index (χ0v) is 11.4. The van der Waals surface area contributed by atoms with E-state index in [2.05, 4.69) is 12.6 Å². The highest BCUT2D eigenvalue weighted by atomic mass is 32.1. The smallest absolute Gasteiger partial charge is 0.376 e. The lowest BCUT2D eigenvalue weighted by Crippen LogP contribution is -2.27. The minimum absolute atomic E-state index is 0.677. The van der Waals surface area contributed by atoms with Gasteiger partial charge in [-0.1, -0.05) is 0 Å². The van der Waals surface area contributed by atoms with E-state index in [1.807, 2.05) is 20.8 Å². The molecular formula is C9H22O3SSi. The zero-order chi connectivity index (χ0) is 10.8. The molecular weight excluding hydrogens is 216 g/mol. The van der Waals surface area contributed by atoms with Crippen LogP contribution in [0.4, 0.5) is 0 Å². The van der Waals surface area contributed by atoms with Crippen LogP contribution in [-0.4, -0.2) is 34.6 Å². The Morgan fingerprint density at radius 2 is 1.29 bits per heavy atom. The lowest BCUT2D eigenvalue weighted by molar-refractivity contribution is 0.107. The first kappa shape index (κ1) is 14.4. The molecule has 0 saturated heterocycles. The van der Waals surface area contributed by atoms with Gasteiger partial charge in [-0.3, -0.25) is 0 Å². The summed E-state index contributed by atoms with van der Waals surface area (Å²) in [5.74, 6) is 0. The Kier molecular flexibility index (Phi) is 10.3. The Balaban J connectivity index is 0.000000344. The monoisotopic (exact) mass is 238 g/mol. The van der Waals surface area contributed by atoms with Gasteiger partial charge in [0.25, 0.3) is 0 Å². The van der Waals surface area contributed by atoms with E-state index < -0.39 is 9.53 Å². The number of rotatable bonds is 6. The molecule has 0 N–H and O–H groups in total. The van der Waals surface area contributed by atoms with Gasteiger partial charge in [-0.2, -0.15) is 12.6 Å². The largest absolute Gasteiger partial charge is 0.484 e. The molecule has 1 aliphatic carbocycles. The molecule has 14 heavy (non-hydrogen) atoms. The number of hydrogen-bond donors (Lipinski definition) is 1. The predicted octanol–water partition coefficient (Wildman–Crippen LogP) is 1.89. The van der Waals surface area contributed by atoms with E-state index in [-0.39, 0.29) is 0 Å². The standard InChI is InChI=1S/C6H16O3Si.C3H6S/c1-4-7-10(8-5-2)9-6-3;4-3-1-2-3/h10H,4-6H2,1-3H3;3-4H,1-2H2. The molecule has 0 aliphatic heterocycles. The van der Waals surface area contributed by atoms with Crippen molar-refractivity contribution in [3.05, 3.63) is 0 Å². The zero-order valence-electron chi connectivity index (χ0n) is 9.36. The lowest BCUT2D eigenvalue weighted by Gasteiger charge is -2.12. The third-order valence-corrected chi connectivity index (χ3v) is 3.79. The first-order valence-corrected chi connectivity index (χ1v) is 7.20. The molecule has 1 aliphatic rings. The summed E-state index contributed by atoms with van der Waals surface area (Å²) in [6.07, 6.45) is 2.70. The second kappa shape index (κ2) is 9.98. The summed E-state index contributed by atoms with van der Waals surface area (Å²) in [6, 6.07) is 0. The van der Waals surface area contributed by atoms with Crippen LogP contribution in [0.25, 0.3) is 0 Å². The molecule has 0 aromatic carbocycles. The Hall–Kier alpha value is 0.447. The normalized spacial score (nSPS) is 15.2. The van der Waals surface area contributed by atoms with Crippen LogP contribution in [0.15, 0.2) is 0 Å². The molecule has 0 aromatic heterocycles. The molecule has 0 bridgehead atoms. The van der Waals surface area contributed by atoms with E-state index in [0.717, 1.165) is 5.25 Å². The fraction of sp³-hybridized carbons (Fsp3) is 1.00. The van der Waals surface area contributed by atoms with Crippen LogP contribution in [0.2, 0.25) is 0 Å². The van der Waals surface area contributed by atoms with Gasteiger partial charge in [-0.25, -0.2) is 0 Å². The van der Waals surface area contributed by atoms with Crippen molar-refractivity contribution in [2.75, 3.05) is 19.8 Å². The molecule has 86 valence electrons. The van der Waals surface area contributed by atoms with E-state index >= 15 is 0 Å². The van der Waals surface area contributed by atoms with Gasteiger partial charge in [0.1, 0.15) is 0 Å². The van der Waals surface area contributed by atoms with Crippen LogP contribution in [0, 0.1) is 0 Å². The second-order valence-electron chi connectivity index (χ2n) is 2.89. The maximum atomic E-state index is 5.22. The molecule has 0 unspecified atom stereocenters. The third kappa shape index (κ3) is 10.5. The summed E-state index contributed by atoms with van der Waals surface area (Å²) in [6.45, 7) is 7.86. The van der Waals surface area contributed by atoms with Crippen molar-refractivity contribution < 1.29 is 13.3 Å². The van der Waals surface area contributed by atoms with Gasteiger partial charge in [-0.15, -0.1) is 0 Å². The van der Waals surface area contributed by atoms with Crippen molar-refractivity contribution >= 4 is 22.2 Å². The second-order valence-corrected chi connectivity index (χ2v) is 5.19. The van der Waals surface area contributed by atoms with E-state index in [4.69, 9.17) is 13.3 Å². The van der Waals surface area contributed by atoms with Crippen molar-refractivity contribution in [3.63, 3.8) is 0 Å². The van der Waals surface area contributed by atoms with Crippen molar-refractivity contribution in [2.45, 2.75) is 38.9 Å². The van der Waals surface area contributed by atoms with Gasteiger partial charge >= 0.3 is 9.53 Å². The van der Waals surface area contributed by atoms with Crippen LogP contribution >= 0.6 is 12.6 Å². The maximum absolute atomic E-state index is 5.22. The lowest BCUT2D eigenvalue weighted by atomic mass is 10.9. The predicted molar refractivity (Wildman–Crippen MR) is 64.0 cm³/mol. The number of thiol groups is 1. The van der Waals surface area contributed by atoms with Crippen LogP contribution in [0.3, 0.4) is 0 Å². The quantitative estimate of drug-likeness (QED) is 0.566. The van der Waals surface area contributed by atoms with E-state index in [1.165, 1.54) is 12.8 Å². The topological polar surface area (TPSA) is 27.7 Å². The molecule has 1 rings (SSSR count). The Labute approximate surface area is 94.5 Å². The van der Waals surface area contributed by atoms with Crippen LogP contribution in [-0.2, 0) is 13.3 Å². The summed E-state index contributed by atoms with van der Waals surface area (Å²) < 4.78 is 15.7. The fourth-order valence-electron chi connectivity index (χ4n) is 0.627. The van der Waals surface area contributed by atoms with E-state index in [0.29, 0.717) is 19.8 Å². The van der Waals surface area contributed by atoms with Gasteiger partial charge in [0.05, 0.1) is 0 Å². The van der Waals surface area contributed by atoms with Crippen LogP contribution in [0.1, 0.15) is 33.6 Å². The molecule has 0 spiro atoms. The fourth-order valence-corrected chi connectivity index (χ4v) is 1.88. The molecule has 1 fully saturated rings. The summed E-state index contributed by atoms with van der Waals surface area (Å²) in [5.41, 5.74) is 0. The highest BCUT2D eigenvalue weighted by molar-refractivity contribution is 7.81. The Morgan fingerprint density at radius 1 is 1.00 bits per heavy atom. The first-order valence-electron chi connectivity index (χ1n) is 5.27. The summed E-state index contributed by atoms with van der Waals surface area (Å²) in [4.78, 5) is 0. The molecule has 0 amide bonds. The van der Waals surface area contributed by atoms with Crippen molar-refractivity contribution in [2.24, 2.45) is 0 Å². The summed E-state index contributed by atoms with van der Waals surface area (Å²) >= 11 is 4.08. The summed E-state index contributed by atoms with van der Waals surface area (Å²) in [7, 11) is -1.73. The highest BCUT2D eigenvalue weighted by Gasteiger charge is 2.14. The SMILES string of the molecule is CCO[SiH](OCC)OCC.SC1CC1. The van der Waals surface area contributed by atoms with Gasteiger partial charge in [0, 0.05) is 25.1 Å². The highest BCUT2D eigenvalue weighted by Crippen LogP contribution is 2.24. The molecule has 1 saturated carbocycles. The van der Waals surface area contributed by atoms with Crippen LogP contribution < -0.4 is 0 Å². The molecule has 0 atom stereocenters. The molecule has 0 heterocycles. The maximum Gasteiger partial charge on any atom is 0.484 e. The molecule has 0 aromatic rings. The van der Waals surface area contributed by atoms with Gasteiger partial charge in [0.15, 0.2) is 0 Å². The average molecular weight is 238 g/mol. The van der Waals surface area contributed by atoms with Crippen molar-refractivity contribution in [1.29, 1.82) is 0 Å². The number of hydrogen-bond acceptors (Lipinski definition) is 4. The van der Waals surface area contributed by atoms with Crippen molar-refractivity contribution in [3.8, 4) is 0 Å². The van der Waals surface area contributed by atoms with Gasteiger partial charge in [-0.05, 0) is 33.6 Å². The van der Waals surface area contributed by atoms with Crippen molar-refractivity contribution in [1.82, 2.24) is 0 Å². The van der Waals surface area contributed by atoms with Crippen LogP contribution in [0.5, 0.6) is 0 Å². The molecule has 0 radical (unpaired) electrons. The van der Waals surface area contributed by atoms with E-state index in [9.17, 15) is 0 Å². The Morgan fingerprint density at radius 3 is 1.43 bits per heavy atom. The van der Waals surface area contributed by atoms with Gasteiger partial charge in [0.2, 0.25) is 0 Å². The third-order valence-electron chi connectivity index (χ3n) is 1.46. The Bertz CT molecular complexity index is 108. The minimum atomic E-state index is -1.73. The van der Waals surface area contributed by atoms with Gasteiger partial charge < -0.3 is 13.3 Å². The molecule has 5 heteroatoms. The minimum Gasteiger partial charge on any atom is -0.376 e. The average Bonchev–Trinajstić information content (AvgIpc) is 2.90. The van der Waals surface area contributed by atoms with E-state index in [1.54, 1.807) is 0 Å². The molecule has 3 nitrogen and oxygen atoms in total.